The van der Waals surface area contributed by atoms with E-state index in [0.29, 0.717) is 12.2 Å². The Bertz CT molecular complexity index is 513. The predicted molar refractivity (Wildman–Crippen MR) is 83.1 cm³/mol. The number of hydrogen-bond donors (Lipinski definition) is 0. The standard InChI is InChI=1S/C16H23ClN2O2/c1-15(2)6-5-7-16(3,4)19(15)21-11-12-8-13(14(17)20)10-18-9-12/h8-10H,5-7,11H2,1-4H3. The van der Waals surface area contributed by atoms with Gasteiger partial charge in [-0.1, -0.05) is 0 Å². The van der Waals surface area contributed by atoms with Crippen molar-refractivity contribution in [3.63, 3.8) is 0 Å². The third kappa shape index (κ3) is 3.82. The third-order valence-corrected chi connectivity index (χ3v) is 4.28. The second-order valence-corrected chi connectivity index (χ2v) is 7.25. The molecule has 21 heavy (non-hydrogen) atoms. The first-order valence-corrected chi connectivity index (χ1v) is 7.67. The topological polar surface area (TPSA) is 42.4 Å². The molecule has 0 aromatic carbocycles. The summed E-state index contributed by atoms with van der Waals surface area (Å²) in [6, 6.07) is 1.73. The van der Waals surface area contributed by atoms with E-state index in [1.54, 1.807) is 12.3 Å². The Morgan fingerprint density at radius 3 is 2.48 bits per heavy atom. The molecule has 116 valence electrons. The van der Waals surface area contributed by atoms with E-state index in [-0.39, 0.29) is 11.1 Å². The molecule has 1 aliphatic rings. The van der Waals surface area contributed by atoms with Gasteiger partial charge >= 0.3 is 0 Å². The number of hydroxylamine groups is 2. The SMILES string of the molecule is CC1(C)CCCC(C)(C)N1OCc1cncc(C(=O)Cl)c1. The number of carbonyl (C=O) groups excluding carboxylic acids is 1. The van der Waals surface area contributed by atoms with Gasteiger partial charge in [-0.05, 0) is 70.2 Å². The molecule has 1 aromatic heterocycles. The normalized spacial score (nSPS) is 21.2. The maximum Gasteiger partial charge on any atom is 0.253 e. The fourth-order valence-corrected chi connectivity index (χ4v) is 3.24. The van der Waals surface area contributed by atoms with E-state index in [1.807, 2.05) is 0 Å². The van der Waals surface area contributed by atoms with Gasteiger partial charge in [0.2, 0.25) is 0 Å². The van der Waals surface area contributed by atoms with Gasteiger partial charge in [0.1, 0.15) is 0 Å². The van der Waals surface area contributed by atoms with Gasteiger partial charge in [-0.15, -0.1) is 0 Å². The Hall–Kier alpha value is -0.970. The Balaban J connectivity index is 2.10. The number of aromatic nitrogens is 1. The number of rotatable bonds is 4. The first-order valence-electron chi connectivity index (χ1n) is 7.29. The molecule has 0 unspecified atom stereocenters. The van der Waals surface area contributed by atoms with Crippen molar-refractivity contribution < 1.29 is 9.63 Å². The summed E-state index contributed by atoms with van der Waals surface area (Å²) in [6.45, 7) is 9.18. The molecule has 0 N–H and O–H groups in total. The maximum atomic E-state index is 11.2. The van der Waals surface area contributed by atoms with Crippen molar-refractivity contribution in [1.29, 1.82) is 0 Å². The first-order chi connectivity index (χ1) is 9.72. The highest BCUT2D eigenvalue weighted by atomic mass is 35.5. The Morgan fingerprint density at radius 2 is 1.90 bits per heavy atom. The van der Waals surface area contributed by atoms with Gasteiger partial charge in [-0.25, -0.2) is 0 Å². The molecule has 1 fully saturated rings. The zero-order chi connectivity index (χ0) is 15.7. The molecule has 0 aliphatic carbocycles. The molecule has 5 heteroatoms. The highest BCUT2D eigenvalue weighted by Crippen LogP contribution is 2.38. The zero-order valence-corrected chi connectivity index (χ0v) is 13.9. The van der Waals surface area contributed by atoms with E-state index >= 15 is 0 Å². The summed E-state index contributed by atoms with van der Waals surface area (Å²) >= 11 is 5.48. The van der Waals surface area contributed by atoms with E-state index in [4.69, 9.17) is 16.4 Å². The van der Waals surface area contributed by atoms with Crippen LogP contribution >= 0.6 is 11.6 Å². The van der Waals surface area contributed by atoms with Crippen molar-refractivity contribution in [1.82, 2.24) is 10.0 Å². The highest BCUT2D eigenvalue weighted by molar-refractivity contribution is 6.67. The molecule has 0 spiro atoms. The van der Waals surface area contributed by atoms with Crippen molar-refractivity contribution in [2.24, 2.45) is 0 Å². The summed E-state index contributed by atoms with van der Waals surface area (Å²) in [5.41, 5.74) is 1.23. The van der Waals surface area contributed by atoms with Crippen molar-refractivity contribution in [2.45, 2.75) is 64.6 Å². The summed E-state index contributed by atoms with van der Waals surface area (Å²) in [7, 11) is 0. The summed E-state index contributed by atoms with van der Waals surface area (Å²) in [4.78, 5) is 21.3. The molecular formula is C16H23ClN2O2. The largest absolute Gasteiger partial charge is 0.293 e. The molecule has 2 heterocycles. The number of hydrogen-bond acceptors (Lipinski definition) is 4. The molecule has 1 aromatic rings. The van der Waals surface area contributed by atoms with Gasteiger partial charge in [0.05, 0.1) is 12.2 Å². The van der Waals surface area contributed by atoms with Gasteiger partial charge < -0.3 is 0 Å². The fourth-order valence-electron chi connectivity index (χ4n) is 3.14. The van der Waals surface area contributed by atoms with Gasteiger partial charge in [-0.2, -0.15) is 5.06 Å². The van der Waals surface area contributed by atoms with Crippen LogP contribution in [0.2, 0.25) is 0 Å². The van der Waals surface area contributed by atoms with Crippen LogP contribution in [0.1, 0.15) is 62.9 Å². The molecule has 0 atom stereocenters. The molecule has 0 amide bonds. The van der Waals surface area contributed by atoms with Crippen LogP contribution in [0, 0.1) is 0 Å². The lowest BCUT2D eigenvalue weighted by molar-refractivity contribution is -0.288. The molecule has 1 saturated heterocycles. The third-order valence-electron chi connectivity index (χ3n) is 4.06. The minimum atomic E-state index is -0.497. The Labute approximate surface area is 131 Å². The smallest absolute Gasteiger partial charge is 0.253 e. The van der Waals surface area contributed by atoms with Gasteiger partial charge in [0.15, 0.2) is 0 Å². The van der Waals surface area contributed by atoms with Crippen LogP contribution in [-0.4, -0.2) is 26.4 Å². The van der Waals surface area contributed by atoms with E-state index in [9.17, 15) is 4.79 Å². The summed E-state index contributed by atoms with van der Waals surface area (Å²) < 4.78 is 0. The van der Waals surface area contributed by atoms with Crippen LogP contribution in [0.5, 0.6) is 0 Å². The van der Waals surface area contributed by atoms with Crippen LogP contribution < -0.4 is 0 Å². The number of carbonyl (C=O) groups is 1. The number of nitrogens with zero attached hydrogens (tertiary/aromatic N) is 2. The highest BCUT2D eigenvalue weighted by Gasteiger charge is 2.42. The monoisotopic (exact) mass is 310 g/mol. The number of halogens is 1. The second-order valence-electron chi connectivity index (χ2n) is 6.90. The lowest BCUT2D eigenvalue weighted by Gasteiger charge is -2.51. The predicted octanol–water partition coefficient (Wildman–Crippen LogP) is 3.94. The molecule has 0 saturated carbocycles. The van der Waals surface area contributed by atoms with Crippen LogP contribution in [-0.2, 0) is 11.4 Å². The summed E-state index contributed by atoms with van der Waals surface area (Å²) in [5, 5.41) is 1.60. The molecule has 4 nitrogen and oxygen atoms in total. The number of piperidine rings is 1. The molecule has 0 bridgehead atoms. The minimum absolute atomic E-state index is 0.00487. The van der Waals surface area contributed by atoms with E-state index < -0.39 is 5.24 Å². The lowest BCUT2D eigenvalue weighted by Crippen LogP contribution is -2.58. The van der Waals surface area contributed by atoms with E-state index in [1.165, 1.54) is 12.6 Å². The quantitative estimate of drug-likeness (QED) is 0.790. The Morgan fingerprint density at radius 1 is 1.29 bits per heavy atom. The van der Waals surface area contributed by atoms with Gasteiger partial charge in [-0.3, -0.25) is 14.6 Å². The maximum absolute atomic E-state index is 11.2. The second kappa shape index (κ2) is 6.03. The van der Waals surface area contributed by atoms with E-state index in [0.717, 1.165) is 18.4 Å². The lowest BCUT2D eigenvalue weighted by atomic mass is 9.82. The fraction of sp³-hybridized carbons (Fsp3) is 0.625. The summed E-state index contributed by atoms with van der Waals surface area (Å²) in [5.74, 6) is 0. The number of pyridine rings is 1. The van der Waals surface area contributed by atoms with Crippen molar-refractivity contribution >= 4 is 16.8 Å². The zero-order valence-electron chi connectivity index (χ0n) is 13.1. The molecule has 1 aliphatic heterocycles. The van der Waals surface area contributed by atoms with Crippen molar-refractivity contribution in [2.75, 3.05) is 0 Å². The van der Waals surface area contributed by atoms with Crippen LogP contribution in [0.15, 0.2) is 18.5 Å². The van der Waals surface area contributed by atoms with Gasteiger partial charge in [0.25, 0.3) is 5.24 Å². The van der Waals surface area contributed by atoms with Crippen LogP contribution in [0.25, 0.3) is 0 Å². The first kappa shape index (κ1) is 16.4. The molecule has 2 rings (SSSR count). The van der Waals surface area contributed by atoms with Crippen molar-refractivity contribution in [3.05, 3.63) is 29.6 Å². The Kier molecular flexibility index (Phi) is 4.71. The molecular weight excluding hydrogens is 288 g/mol. The molecule has 0 radical (unpaired) electrons. The summed E-state index contributed by atoms with van der Waals surface area (Å²) in [6.07, 6.45) is 6.59. The average molecular weight is 311 g/mol. The minimum Gasteiger partial charge on any atom is -0.293 e. The van der Waals surface area contributed by atoms with Crippen LogP contribution in [0.3, 0.4) is 0 Å². The van der Waals surface area contributed by atoms with Crippen LogP contribution in [0.4, 0.5) is 0 Å². The van der Waals surface area contributed by atoms with Crippen molar-refractivity contribution in [3.8, 4) is 0 Å². The van der Waals surface area contributed by atoms with Gasteiger partial charge in [0, 0.05) is 23.5 Å². The van der Waals surface area contributed by atoms with E-state index in [2.05, 4.69) is 37.7 Å². The average Bonchev–Trinajstić information content (AvgIpc) is 2.37.